The first kappa shape index (κ1) is 13.7. The topological polar surface area (TPSA) is 63.8 Å². The Labute approximate surface area is 124 Å². The molecule has 3 N–H and O–H groups in total. The largest absolute Gasteiger partial charge is 0.271 e. The van der Waals surface area contributed by atoms with Crippen molar-refractivity contribution >= 4 is 10.9 Å². The molecule has 0 aliphatic heterocycles. The van der Waals surface area contributed by atoms with E-state index in [-0.39, 0.29) is 6.04 Å². The number of rotatable bonds is 5. The standard InChI is InChI=1S/C17H18N4/c18-21-16(9-8-13-4-2-10-19-12-13)15-7-1-5-14-6-3-11-20-17(14)15/h1-7,10-12,16,21H,8-9,18H2. The van der Waals surface area contributed by atoms with Crippen LogP contribution < -0.4 is 11.3 Å². The van der Waals surface area contributed by atoms with Crippen LogP contribution in [0.4, 0.5) is 0 Å². The Hall–Kier alpha value is -2.30. The second kappa shape index (κ2) is 6.43. The van der Waals surface area contributed by atoms with Crippen molar-refractivity contribution in [2.75, 3.05) is 0 Å². The molecule has 4 heteroatoms. The molecular weight excluding hydrogens is 260 g/mol. The summed E-state index contributed by atoms with van der Waals surface area (Å²) in [6, 6.07) is 14.3. The number of fused-ring (bicyclic) bond motifs is 1. The van der Waals surface area contributed by atoms with Gasteiger partial charge in [-0.3, -0.25) is 21.2 Å². The van der Waals surface area contributed by atoms with E-state index in [1.807, 2.05) is 30.6 Å². The van der Waals surface area contributed by atoms with Crippen LogP contribution in [0.3, 0.4) is 0 Å². The van der Waals surface area contributed by atoms with Crippen molar-refractivity contribution in [1.82, 2.24) is 15.4 Å². The van der Waals surface area contributed by atoms with Gasteiger partial charge in [0, 0.05) is 30.0 Å². The monoisotopic (exact) mass is 278 g/mol. The van der Waals surface area contributed by atoms with E-state index in [1.165, 1.54) is 5.56 Å². The van der Waals surface area contributed by atoms with Crippen molar-refractivity contribution in [2.24, 2.45) is 5.84 Å². The smallest absolute Gasteiger partial charge is 0.0750 e. The molecule has 0 saturated carbocycles. The van der Waals surface area contributed by atoms with E-state index in [4.69, 9.17) is 5.84 Å². The van der Waals surface area contributed by atoms with Crippen molar-refractivity contribution in [3.05, 3.63) is 72.2 Å². The number of pyridine rings is 2. The zero-order valence-corrected chi connectivity index (χ0v) is 11.7. The van der Waals surface area contributed by atoms with Gasteiger partial charge in [-0.15, -0.1) is 0 Å². The molecule has 1 aromatic carbocycles. The number of nitrogens with two attached hydrogens (primary N) is 1. The predicted octanol–water partition coefficient (Wildman–Crippen LogP) is 2.77. The van der Waals surface area contributed by atoms with Crippen LogP contribution in [0, 0.1) is 0 Å². The van der Waals surface area contributed by atoms with E-state index in [9.17, 15) is 0 Å². The Morgan fingerprint density at radius 2 is 1.90 bits per heavy atom. The summed E-state index contributed by atoms with van der Waals surface area (Å²) >= 11 is 0. The first-order valence-corrected chi connectivity index (χ1v) is 7.07. The highest BCUT2D eigenvalue weighted by molar-refractivity contribution is 5.81. The van der Waals surface area contributed by atoms with Gasteiger partial charge in [0.1, 0.15) is 0 Å². The van der Waals surface area contributed by atoms with Crippen molar-refractivity contribution in [1.29, 1.82) is 0 Å². The number of hydrogen-bond donors (Lipinski definition) is 2. The lowest BCUT2D eigenvalue weighted by Crippen LogP contribution is -2.28. The molecule has 2 heterocycles. The minimum absolute atomic E-state index is 0.0730. The van der Waals surface area contributed by atoms with Gasteiger partial charge >= 0.3 is 0 Å². The molecule has 3 aromatic rings. The maximum absolute atomic E-state index is 5.77. The number of aryl methyl sites for hydroxylation is 1. The molecule has 0 saturated heterocycles. The summed E-state index contributed by atoms with van der Waals surface area (Å²) in [5, 5.41) is 1.14. The van der Waals surface area contributed by atoms with Gasteiger partial charge in [-0.25, -0.2) is 0 Å². The summed E-state index contributed by atoms with van der Waals surface area (Å²) in [5.41, 5.74) is 6.28. The molecule has 1 atom stereocenters. The molecule has 0 radical (unpaired) electrons. The number of nitrogens with one attached hydrogen (secondary N) is 1. The van der Waals surface area contributed by atoms with Crippen LogP contribution >= 0.6 is 0 Å². The lowest BCUT2D eigenvalue weighted by molar-refractivity contribution is 0.518. The predicted molar refractivity (Wildman–Crippen MR) is 84.4 cm³/mol. The quantitative estimate of drug-likeness (QED) is 0.556. The lowest BCUT2D eigenvalue weighted by atomic mass is 9.98. The zero-order chi connectivity index (χ0) is 14.5. The number of benzene rings is 1. The van der Waals surface area contributed by atoms with Gasteiger partial charge in [0.25, 0.3) is 0 Å². The zero-order valence-electron chi connectivity index (χ0n) is 11.7. The summed E-state index contributed by atoms with van der Waals surface area (Å²) in [5.74, 6) is 5.77. The summed E-state index contributed by atoms with van der Waals surface area (Å²) in [6.45, 7) is 0. The lowest BCUT2D eigenvalue weighted by Gasteiger charge is -2.17. The Kier molecular flexibility index (Phi) is 4.19. The highest BCUT2D eigenvalue weighted by Gasteiger charge is 2.13. The summed E-state index contributed by atoms with van der Waals surface area (Å²) < 4.78 is 0. The molecule has 0 fully saturated rings. The minimum atomic E-state index is 0.0730. The molecule has 0 spiro atoms. The van der Waals surface area contributed by atoms with Crippen molar-refractivity contribution in [2.45, 2.75) is 18.9 Å². The maximum Gasteiger partial charge on any atom is 0.0750 e. The first-order valence-electron chi connectivity index (χ1n) is 7.07. The summed E-state index contributed by atoms with van der Waals surface area (Å²) in [7, 11) is 0. The molecular formula is C17H18N4. The highest BCUT2D eigenvalue weighted by Crippen LogP contribution is 2.25. The maximum atomic E-state index is 5.77. The van der Waals surface area contributed by atoms with Crippen molar-refractivity contribution < 1.29 is 0 Å². The first-order chi connectivity index (χ1) is 10.4. The average molecular weight is 278 g/mol. The van der Waals surface area contributed by atoms with Gasteiger partial charge in [-0.05, 0) is 36.1 Å². The minimum Gasteiger partial charge on any atom is -0.271 e. The van der Waals surface area contributed by atoms with Crippen LogP contribution in [0.2, 0.25) is 0 Å². The van der Waals surface area contributed by atoms with E-state index >= 15 is 0 Å². The van der Waals surface area contributed by atoms with Gasteiger partial charge < -0.3 is 0 Å². The number of aromatic nitrogens is 2. The van der Waals surface area contributed by atoms with Crippen LogP contribution in [0.1, 0.15) is 23.6 Å². The van der Waals surface area contributed by atoms with E-state index in [0.717, 1.165) is 29.3 Å². The number of para-hydroxylation sites is 1. The van der Waals surface area contributed by atoms with E-state index in [1.54, 1.807) is 6.20 Å². The van der Waals surface area contributed by atoms with Crippen LogP contribution in [0.25, 0.3) is 10.9 Å². The SMILES string of the molecule is NNC(CCc1cccnc1)c1cccc2cccnc12. The normalized spacial score (nSPS) is 12.4. The second-order valence-electron chi connectivity index (χ2n) is 5.04. The Bertz CT molecular complexity index is 707. The van der Waals surface area contributed by atoms with Crippen LogP contribution in [0.15, 0.2) is 61.1 Å². The van der Waals surface area contributed by atoms with E-state index < -0.39 is 0 Å². The van der Waals surface area contributed by atoms with E-state index in [2.05, 4.69) is 39.7 Å². The fourth-order valence-corrected chi connectivity index (χ4v) is 2.59. The number of nitrogens with zero attached hydrogens (tertiary/aromatic N) is 2. The Morgan fingerprint density at radius 1 is 1.05 bits per heavy atom. The second-order valence-corrected chi connectivity index (χ2v) is 5.04. The number of hydrazine groups is 1. The van der Waals surface area contributed by atoms with Crippen molar-refractivity contribution in [3.63, 3.8) is 0 Å². The molecule has 2 aromatic heterocycles. The number of hydrogen-bond acceptors (Lipinski definition) is 4. The third-order valence-corrected chi connectivity index (χ3v) is 3.69. The fourth-order valence-electron chi connectivity index (χ4n) is 2.59. The summed E-state index contributed by atoms with van der Waals surface area (Å²) in [4.78, 5) is 8.64. The van der Waals surface area contributed by atoms with Gasteiger partial charge in [-0.2, -0.15) is 0 Å². The van der Waals surface area contributed by atoms with Gasteiger partial charge in [0.15, 0.2) is 0 Å². The molecule has 0 aliphatic rings. The molecule has 0 bridgehead atoms. The molecule has 106 valence electrons. The molecule has 0 aliphatic carbocycles. The molecule has 0 amide bonds. The van der Waals surface area contributed by atoms with Gasteiger partial charge in [-0.1, -0.05) is 30.3 Å². The van der Waals surface area contributed by atoms with Gasteiger partial charge in [0.2, 0.25) is 0 Å². The van der Waals surface area contributed by atoms with Crippen molar-refractivity contribution in [3.8, 4) is 0 Å². The van der Waals surface area contributed by atoms with Gasteiger partial charge in [0.05, 0.1) is 5.52 Å². The Morgan fingerprint density at radius 3 is 2.71 bits per heavy atom. The van der Waals surface area contributed by atoms with Crippen LogP contribution in [0.5, 0.6) is 0 Å². The van der Waals surface area contributed by atoms with Crippen LogP contribution in [-0.4, -0.2) is 9.97 Å². The van der Waals surface area contributed by atoms with E-state index in [0.29, 0.717) is 0 Å². The summed E-state index contributed by atoms with van der Waals surface area (Å²) in [6.07, 6.45) is 7.33. The third-order valence-electron chi connectivity index (χ3n) is 3.69. The average Bonchev–Trinajstić information content (AvgIpc) is 2.56. The fraction of sp³-hybridized carbons (Fsp3) is 0.176. The molecule has 21 heavy (non-hydrogen) atoms. The molecule has 1 unspecified atom stereocenters. The van der Waals surface area contributed by atoms with Crippen LogP contribution in [-0.2, 0) is 6.42 Å². The molecule has 3 rings (SSSR count). The third kappa shape index (κ3) is 3.07. The Balaban J connectivity index is 1.85. The highest BCUT2D eigenvalue weighted by atomic mass is 15.2. The molecule has 4 nitrogen and oxygen atoms in total.